The number of amides is 2. The molecule has 5 nitrogen and oxygen atoms in total. The third kappa shape index (κ3) is 4.07. The van der Waals surface area contributed by atoms with Crippen molar-refractivity contribution in [3.63, 3.8) is 0 Å². The lowest BCUT2D eigenvalue weighted by Crippen LogP contribution is -2.43. The quantitative estimate of drug-likeness (QED) is 0.575. The molecule has 1 unspecified atom stereocenters. The van der Waals surface area contributed by atoms with Gasteiger partial charge in [-0.3, -0.25) is 9.59 Å². The SMILES string of the molecule is O=C(Nc1cc(Cl)cc(Cl)c1)C1CCCN1C(=O)c1csc(-c2cccs2)n1. The summed E-state index contributed by atoms with van der Waals surface area (Å²) in [5.41, 5.74) is 0.884. The van der Waals surface area contributed by atoms with E-state index in [4.69, 9.17) is 23.2 Å². The van der Waals surface area contributed by atoms with Gasteiger partial charge in [0.2, 0.25) is 5.91 Å². The highest BCUT2D eigenvalue weighted by molar-refractivity contribution is 7.20. The monoisotopic (exact) mass is 451 g/mol. The molecule has 0 radical (unpaired) electrons. The molecule has 28 heavy (non-hydrogen) atoms. The van der Waals surface area contributed by atoms with Crippen LogP contribution in [0.1, 0.15) is 23.3 Å². The molecule has 1 atom stereocenters. The molecule has 3 heterocycles. The number of nitrogens with zero attached hydrogens (tertiary/aromatic N) is 2. The molecule has 0 aliphatic carbocycles. The fraction of sp³-hybridized carbons (Fsp3) is 0.211. The van der Waals surface area contributed by atoms with Crippen molar-refractivity contribution in [2.45, 2.75) is 18.9 Å². The number of likely N-dealkylation sites (tertiary alicyclic amines) is 1. The van der Waals surface area contributed by atoms with E-state index in [1.165, 1.54) is 11.3 Å². The molecule has 2 amide bonds. The van der Waals surface area contributed by atoms with E-state index >= 15 is 0 Å². The highest BCUT2D eigenvalue weighted by Crippen LogP contribution is 2.30. The molecule has 1 saturated heterocycles. The molecule has 0 saturated carbocycles. The summed E-state index contributed by atoms with van der Waals surface area (Å²) >= 11 is 15.0. The minimum Gasteiger partial charge on any atom is -0.325 e. The van der Waals surface area contributed by atoms with Crippen molar-refractivity contribution in [3.05, 3.63) is 56.8 Å². The van der Waals surface area contributed by atoms with E-state index in [0.717, 1.165) is 16.3 Å². The Balaban J connectivity index is 1.49. The maximum atomic E-state index is 13.0. The van der Waals surface area contributed by atoms with Gasteiger partial charge in [0.1, 0.15) is 16.7 Å². The molecular weight excluding hydrogens is 437 g/mol. The zero-order valence-corrected chi connectivity index (χ0v) is 17.7. The van der Waals surface area contributed by atoms with E-state index < -0.39 is 6.04 Å². The minimum absolute atomic E-state index is 0.221. The standard InChI is InChI=1S/C19H15Cl2N3O2S2/c20-11-7-12(21)9-13(8-11)22-17(25)15-3-1-5-24(15)19(26)14-10-28-18(23-14)16-4-2-6-27-16/h2,4,6-10,15H,1,3,5H2,(H,22,25). The van der Waals surface area contributed by atoms with Crippen LogP contribution in [0.15, 0.2) is 41.1 Å². The summed E-state index contributed by atoms with van der Waals surface area (Å²) < 4.78 is 0. The summed E-state index contributed by atoms with van der Waals surface area (Å²) in [4.78, 5) is 32.8. The number of hydrogen-bond acceptors (Lipinski definition) is 5. The van der Waals surface area contributed by atoms with E-state index in [-0.39, 0.29) is 11.8 Å². The van der Waals surface area contributed by atoms with Crippen LogP contribution in [0.2, 0.25) is 10.0 Å². The summed E-state index contributed by atoms with van der Waals surface area (Å²) in [5.74, 6) is -0.473. The highest BCUT2D eigenvalue weighted by atomic mass is 35.5. The molecule has 3 aromatic rings. The van der Waals surface area contributed by atoms with Crippen molar-refractivity contribution in [2.75, 3.05) is 11.9 Å². The number of rotatable bonds is 4. The number of thiophene rings is 1. The molecule has 2 aromatic heterocycles. The van der Waals surface area contributed by atoms with Crippen molar-refractivity contribution >= 4 is 63.4 Å². The summed E-state index contributed by atoms with van der Waals surface area (Å²) in [6, 6.07) is 8.22. The number of carbonyl (C=O) groups is 2. The van der Waals surface area contributed by atoms with Gasteiger partial charge in [-0.1, -0.05) is 29.3 Å². The zero-order valence-electron chi connectivity index (χ0n) is 14.5. The van der Waals surface area contributed by atoms with Crippen LogP contribution in [0.25, 0.3) is 9.88 Å². The molecule has 1 aliphatic rings. The van der Waals surface area contributed by atoms with Gasteiger partial charge >= 0.3 is 0 Å². The van der Waals surface area contributed by atoms with Crippen LogP contribution in [-0.4, -0.2) is 34.3 Å². The van der Waals surface area contributed by atoms with E-state index in [0.29, 0.717) is 34.4 Å². The van der Waals surface area contributed by atoms with Crippen molar-refractivity contribution in [1.82, 2.24) is 9.88 Å². The summed E-state index contributed by atoms with van der Waals surface area (Å²) in [5, 5.41) is 8.22. The molecule has 1 aromatic carbocycles. The number of benzene rings is 1. The first-order chi connectivity index (χ1) is 13.5. The van der Waals surface area contributed by atoms with Crippen molar-refractivity contribution in [3.8, 4) is 9.88 Å². The lowest BCUT2D eigenvalue weighted by Gasteiger charge is -2.23. The largest absolute Gasteiger partial charge is 0.325 e. The third-order valence-corrected chi connectivity index (χ3v) is 6.72. The first kappa shape index (κ1) is 19.4. The molecule has 0 spiro atoms. The van der Waals surface area contributed by atoms with Gasteiger partial charge in [0.15, 0.2) is 0 Å². The molecule has 4 rings (SSSR count). The molecule has 1 N–H and O–H groups in total. The molecule has 1 aliphatic heterocycles. The van der Waals surface area contributed by atoms with E-state index in [9.17, 15) is 9.59 Å². The number of anilines is 1. The fourth-order valence-corrected chi connectivity index (χ4v) is 5.30. The second-order valence-electron chi connectivity index (χ2n) is 6.32. The summed E-state index contributed by atoms with van der Waals surface area (Å²) in [7, 11) is 0. The van der Waals surface area contributed by atoms with Gasteiger partial charge in [0, 0.05) is 27.7 Å². The molecule has 1 fully saturated rings. The van der Waals surface area contributed by atoms with Gasteiger partial charge < -0.3 is 10.2 Å². The summed E-state index contributed by atoms with van der Waals surface area (Å²) in [6.07, 6.45) is 1.37. The average Bonchev–Trinajstić information content (AvgIpc) is 3.40. The maximum Gasteiger partial charge on any atom is 0.274 e. The number of aromatic nitrogens is 1. The number of thiazole rings is 1. The summed E-state index contributed by atoms with van der Waals surface area (Å²) in [6.45, 7) is 0.527. The van der Waals surface area contributed by atoms with Crippen LogP contribution < -0.4 is 5.32 Å². The first-order valence-electron chi connectivity index (χ1n) is 8.58. The lowest BCUT2D eigenvalue weighted by atomic mass is 10.2. The predicted octanol–water partition coefficient (Wildman–Crippen LogP) is 5.42. The average molecular weight is 452 g/mol. The second kappa shape index (κ2) is 8.21. The highest BCUT2D eigenvalue weighted by Gasteiger charge is 2.35. The smallest absolute Gasteiger partial charge is 0.274 e. The Kier molecular flexibility index (Phi) is 5.68. The van der Waals surface area contributed by atoms with Crippen molar-refractivity contribution < 1.29 is 9.59 Å². The molecule has 0 bridgehead atoms. The lowest BCUT2D eigenvalue weighted by molar-refractivity contribution is -0.119. The Bertz CT molecular complexity index is 1000. The van der Waals surface area contributed by atoms with Crippen molar-refractivity contribution in [1.29, 1.82) is 0 Å². The number of carbonyl (C=O) groups excluding carboxylic acids is 2. The van der Waals surface area contributed by atoms with Crippen LogP contribution in [0, 0.1) is 0 Å². The Morgan fingerprint density at radius 1 is 1.18 bits per heavy atom. The van der Waals surface area contributed by atoms with Crippen LogP contribution in [0.5, 0.6) is 0 Å². The van der Waals surface area contributed by atoms with E-state index in [1.54, 1.807) is 39.8 Å². The van der Waals surface area contributed by atoms with Gasteiger partial charge in [-0.25, -0.2) is 4.98 Å². The fourth-order valence-electron chi connectivity index (χ4n) is 3.17. The van der Waals surface area contributed by atoms with Gasteiger partial charge in [-0.15, -0.1) is 22.7 Å². The Labute approximate surface area is 179 Å². The Morgan fingerprint density at radius 2 is 1.96 bits per heavy atom. The number of hydrogen-bond donors (Lipinski definition) is 1. The van der Waals surface area contributed by atoms with Gasteiger partial charge in [-0.2, -0.15) is 0 Å². The van der Waals surface area contributed by atoms with Crippen LogP contribution in [0.4, 0.5) is 5.69 Å². The van der Waals surface area contributed by atoms with Gasteiger partial charge in [0.05, 0.1) is 4.88 Å². The third-order valence-electron chi connectivity index (χ3n) is 4.40. The normalized spacial score (nSPS) is 16.4. The molecule has 9 heteroatoms. The van der Waals surface area contributed by atoms with Crippen LogP contribution in [-0.2, 0) is 4.79 Å². The zero-order chi connectivity index (χ0) is 19.7. The van der Waals surface area contributed by atoms with Gasteiger partial charge in [-0.05, 0) is 42.5 Å². The Hall–Kier alpha value is -1.93. The maximum absolute atomic E-state index is 13.0. The number of nitrogens with one attached hydrogen (secondary N) is 1. The first-order valence-corrected chi connectivity index (χ1v) is 11.1. The Morgan fingerprint density at radius 3 is 2.68 bits per heavy atom. The minimum atomic E-state index is -0.544. The van der Waals surface area contributed by atoms with E-state index in [2.05, 4.69) is 10.3 Å². The number of halogens is 2. The van der Waals surface area contributed by atoms with Crippen molar-refractivity contribution in [2.24, 2.45) is 0 Å². The topological polar surface area (TPSA) is 62.3 Å². The van der Waals surface area contributed by atoms with Crippen LogP contribution >= 0.6 is 45.9 Å². The van der Waals surface area contributed by atoms with E-state index in [1.807, 2.05) is 17.5 Å². The predicted molar refractivity (Wildman–Crippen MR) is 115 cm³/mol. The van der Waals surface area contributed by atoms with Gasteiger partial charge in [0.25, 0.3) is 5.91 Å². The molecule has 144 valence electrons. The van der Waals surface area contributed by atoms with Crippen LogP contribution in [0.3, 0.4) is 0 Å². The second-order valence-corrected chi connectivity index (χ2v) is 9.00. The molecular formula is C19H15Cl2N3O2S2.